The number of hydrogen-bond acceptors (Lipinski definition) is 5. The van der Waals surface area contributed by atoms with Crippen molar-refractivity contribution in [2.45, 2.75) is 10.9 Å². The second kappa shape index (κ2) is 10.0. The highest BCUT2D eigenvalue weighted by Crippen LogP contribution is 2.32. The van der Waals surface area contributed by atoms with E-state index in [9.17, 15) is 10.1 Å². The third-order valence-corrected chi connectivity index (χ3v) is 4.38. The van der Waals surface area contributed by atoms with Crippen LogP contribution in [0.15, 0.2) is 53.4 Å². The maximum absolute atomic E-state index is 12.2. The van der Waals surface area contributed by atoms with Gasteiger partial charge in [-0.05, 0) is 23.8 Å². The van der Waals surface area contributed by atoms with Crippen LogP contribution in [0.2, 0.25) is 0 Å². The molecule has 0 aliphatic carbocycles. The van der Waals surface area contributed by atoms with E-state index in [0.29, 0.717) is 11.5 Å². The maximum atomic E-state index is 12.2. The van der Waals surface area contributed by atoms with Gasteiger partial charge in [0, 0.05) is 4.90 Å². The lowest BCUT2D eigenvalue weighted by atomic mass is 10.1. The highest BCUT2D eigenvalue weighted by Gasteiger charge is 2.14. The average Bonchev–Trinajstić information content (AvgIpc) is 2.69. The quantitative estimate of drug-likeness (QED) is 0.574. The van der Waals surface area contributed by atoms with E-state index in [2.05, 4.69) is 17.3 Å². The Morgan fingerprint density at radius 1 is 1.27 bits per heavy atom. The number of hydrogen-bond donors (Lipinski definition) is 1. The predicted molar refractivity (Wildman–Crippen MR) is 101 cm³/mol. The molecule has 0 aromatic heterocycles. The SMILES string of the molecule is C#CCOc1ccc(SCC(=O)NC(C#N)c2ccccc2)cc1OC. The molecule has 0 saturated heterocycles. The summed E-state index contributed by atoms with van der Waals surface area (Å²) in [6, 6.07) is 15.9. The predicted octanol–water partition coefficient (Wildman–Crippen LogP) is 3.18. The third-order valence-electron chi connectivity index (χ3n) is 3.38. The van der Waals surface area contributed by atoms with E-state index >= 15 is 0 Å². The number of nitrogens with zero attached hydrogens (tertiary/aromatic N) is 1. The summed E-state index contributed by atoms with van der Waals surface area (Å²) in [5.41, 5.74) is 0.755. The monoisotopic (exact) mass is 366 g/mol. The number of carbonyl (C=O) groups excluding carboxylic acids is 1. The highest BCUT2D eigenvalue weighted by atomic mass is 32.2. The summed E-state index contributed by atoms with van der Waals surface area (Å²) in [5, 5.41) is 12.0. The largest absolute Gasteiger partial charge is 0.493 e. The Morgan fingerprint density at radius 3 is 2.69 bits per heavy atom. The van der Waals surface area contributed by atoms with Crippen LogP contribution in [0.4, 0.5) is 0 Å². The standard InChI is InChI=1S/C20H18N2O3S/c1-3-11-25-18-10-9-16(12-19(18)24-2)26-14-20(23)22-17(13-21)15-7-5-4-6-8-15/h1,4-10,12,17H,11,14H2,2H3,(H,22,23). The molecule has 0 aliphatic heterocycles. The summed E-state index contributed by atoms with van der Waals surface area (Å²) < 4.78 is 10.7. The van der Waals surface area contributed by atoms with Crippen molar-refractivity contribution in [1.82, 2.24) is 5.32 Å². The summed E-state index contributed by atoms with van der Waals surface area (Å²) in [5.74, 6) is 3.45. The molecule has 26 heavy (non-hydrogen) atoms. The molecule has 1 unspecified atom stereocenters. The molecule has 2 aromatic carbocycles. The van der Waals surface area contributed by atoms with Gasteiger partial charge in [0.15, 0.2) is 11.5 Å². The molecule has 2 rings (SSSR count). The fourth-order valence-corrected chi connectivity index (χ4v) is 2.90. The first-order valence-electron chi connectivity index (χ1n) is 7.79. The van der Waals surface area contributed by atoms with E-state index in [-0.39, 0.29) is 18.3 Å². The number of terminal acetylenes is 1. The van der Waals surface area contributed by atoms with Gasteiger partial charge in [-0.1, -0.05) is 36.3 Å². The molecule has 1 amide bonds. The molecule has 0 saturated carbocycles. The first kappa shape index (κ1) is 19.2. The number of carbonyl (C=O) groups is 1. The number of amides is 1. The Bertz CT molecular complexity index is 825. The Kier molecular flexibility index (Phi) is 7.42. The summed E-state index contributed by atoms with van der Waals surface area (Å²) in [7, 11) is 1.54. The van der Waals surface area contributed by atoms with Crippen molar-refractivity contribution in [1.29, 1.82) is 5.26 Å². The molecule has 6 heteroatoms. The number of methoxy groups -OCH3 is 1. The fraction of sp³-hybridized carbons (Fsp3) is 0.200. The number of nitrogens with one attached hydrogen (secondary N) is 1. The average molecular weight is 366 g/mol. The van der Waals surface area contributed by atoms with Crippen LogP contribution in [0.25, 0.3) is 0 Å². The van der Waals surface area contributed by atoms with Crippen molar-refractivity contribution in [3.63, 3.8) is 0 Å². The fourth-order valence-electron chi connectivity index (χ4n) is 2.16. The Labute approximate surface area is 157 Å². The molecule has 0 fully saturated rings. The van der Waals surface area contributed by atoms with Gasteiger partial charge in [-0.2, -0.15) is 5.26 Å². The lowest BCUT2D eigenvalue weighted by Crippen LogP contribution is -2.29. The molecule has 1 atom stereocenters. The maximum Gasteiger partial charge on any atom is 0.231 e. The smallest absolute Gasteiger partial charge is 0.231 e. The van der Waals surface area contributed by atoms with E-state index in [1.165, 1.54) is 18.9 Å². The van der Waals surface area contributed by atoms with Gasteiger partial charge >= 0.3 is 0 Å². The summed E-state index contributed by atoms with van der Waals surface area (Å²) in [6.07, 6.45) is 5.18. The van der Waals surface area contributed by atoms with Gasteiger partial charge in [0.1, 0.15) is 12.6 Å². The summed E-state index contributed by atoms with van der Waals surface area (Å²) >= 11 is 1.34. The van der Waals surface area contributed by atoms with E-state index in [1.54, 1.807) is 24.3 Å². The van der Waals surface area contributed by atoms with Gasteiger partial charge in [0.2, 0.25) is 5.91 Å². The van der Waals surface area contributed by atoms with Crippen LogP contribution < -0.4 is 14.8 Å². The van der Waals surface area contributed by atoms with E-state index in [0.717, 1.165) is 10.5 Å². The van der Waals surface area contributed by atoms with Crippen LogP contribution in [-0.4, -0.2) is 25.4 Å². The zero-order valence-electron chi connectivity index (χ0n) is 14.3. The van der Waals surface area contributed by atoms with Crippen LogP contribution in [0.5, 0.6) is 11.5 Å². The highest BCUT2D eigenvalue weighted by molar-refractivity contribution is 8.00. The van der Waals surface area contributed by atoms with E-state index < -0.39 is 6.04 Å². The number of rotatable bonds is 8. The van der Waals surface area contributed by atoms with Gasteiger partial charge in [0.25, 0.3) is 0 Å². The van der Waals surface area contributed by atoms with Gasteiger partial charge in [-0.3, -0.25) is 4.79 Å². The molecular weight excluding hydrogens is 348 g/mol. The third kappa shape index (κ3) is 5.47. The number of benzene rings is 2. The first-order chi connectivity index (χ1) is 12.7. The number of thioether (sulfide) groups is 1. The second-order valence-electron chi connectivity index (χ2n) is 5.13. The van der Waals surface area contributed by atoms with Crippen molar-refractivity contribution in [3.8, 4) is 29.9 Å². The minimum atomic E-state index is -0.668. The van der Waals surface area contributed by atoms with Gasteiger partial charge < -0.3 is 14.8 Å². The van der Waals surface area contributed by atoms with Crippen LogP contribution in [0, 0.1) is 23.7 Å². The van der Waals surface area contributed by atoms with Crippen molar-refractivity contribution in [2.75, 3.05) is 19.5 Å². The molecule has 2 aromatic rings. The van der Waals surface area contributed by atoms with Gasteiger partial charge in [-0.25, -0.2) is 0 Å². The zero-order chi connectivity index (χ0) is 18.8. The van der Waals surface area contributed by atoms with E-state index in [1.807, 2.05) is 24.3 Å². The van der Waals surface area contributed by atoms with Gasteiger partial charge in [-0.15, -0.1) is 18.2 Å². The van der Waals surface area contributed by atoms with Crippen molar-refractivity contribution in [2.24, 2.45) is 0 Å². The lowest BCUT2D eigenvalue weighted by Gasteiger charge is -2.12. The van der Waals surface area contributed by atoms with Crippen LogP contribution in [-0.2, 0) is 4.79 Å². The Hall–Kier alpha value is -3.09. The van der Waals surface area contributed by atoms with Crippen molar-refractivity contribution >= 4 is 17.7 Å². The zero-order valence-corrected chi connectivity index (χ0v) is 15.1. The van der Waals surface area contributed by atoms with Gasteiger partial charge in [0.05, 0.1) is 18.9 Å². The summed E-state index contributed by atoms with van der Waals surface area (Å²) in [4.78, 5) is 13.0. The molecule has 0 radical (unpaired) electrons. The van der Waals surface area contributed by atoms with Crippen LogP contribution in [0.3, 0.4) is 0 Å². The molecule has 0 heterocycles. The molecule has 0 aliphatic rings. The normalized spacial score (nSPS) is 10.9. The van der Waals surface area contributed by atoms with Crippen molar-refractivity contribution < 1.29 is 14.3 Å². The van der Waals surface area contributed by atoms with Crippen LogP contribution in [0.1, 0.15) is 11.6 Å². The molecule has 0 bridgehead atoms. The van der Waals surface area contributed by atoms with Crippen LogP contribution >= 0.6 is 11.8 Å². The Morgan fingerprint density at radius 2 is 2.04 bits per heavy atom. The topological polar surface area (TPSA) is 71.3 Å². The van der Waals surface area contributed by atoms with Crippen molar-refractivity contribution in [3.05, 3.63) is 54.1 Å². The second-order valence-corrected chi connectivity index (χ2v) is 6.18. The minimum Gasteiger partial charge on any atom is -0.493 e. The number of ether oxygens (including phenoxy) is 2. The van der Waals surface area contributed by atoms with E-state index in [4.69, 9.17) is 15.9 Å². The molecule has 5 nitrogen and oxygen atoms in total. The molecular formula is C20H18N2O3S. The minimum absolute atomic E-state index is 0.153. The first-order valence-corrected chi connectivity index (χ1v) is 8.77. The summed E-state index contributed by atoms with van der Waals surface area (Å²) in [6.45, 7) is 0.153. The Balaban J connectivity index is 1.94. The molecule has 1 N–H and O–H groups in total. The molecule has 132 valence electrons. The number of nitriles is 1. The molecule has 0 spiro atoms. The lowest BCUT2D eigenvalue weighted by molar-refractivity contribution is -0.118.